The van der Waals surface area contributed by atoms with Gasteiger partial charge in [0.05, 0.1) is 12.2 Å². The molecule has 0 aromatic rings. The summed E-state index contributed by atoms with van der Waals surface area (Å²) in [4.78, 5) is 22.7. The van der Waals surface area contributed by atoms with E-state index in [0.717, 1.165) is 0 Å². The van der Waals surface area contributed by atoms with E-state index in [1.807, 2.05) is 0 Å². The van der Waals surface area contributed by atoms with Crippen molar-refractivity contribution in [3.05, 3.63) is 11.3 Å². The number of ether oxygens (including phenoxy) is 1. The molecule has 0 heterocycles. The molecule has 0 aliphatic heterocycles. The summed E-state index contributed by atoms with van der Waals surface area (Å²) in [5.41, 5.74) is 5.56. The van der Waals surface area contributed by atoms with Gasteiger partial charge in [-0.25, -0.2) is 4.79 Å². The zero-order valence-electron chi connectivity index (χ0n) is 8.63. The van der Waals surface area contributed by atoms with Crippen LogP contribution in [-0.2, 0) is 14.3 Å². The van der Waals surface area contributed by atoms with Crippen molar-refractivity contribution < 1.29 is 14.3 Å². The third-order valence-electron chi connectivity index (χ3n) is 2.18. The van der Waals surface area contributed by atoms with Crippen molar-refractivity contribution in [3.8, 4) is 0 Å². The Morgan fingerprint density at radius 3 is 2.73 bits per heavy atom. The first-order valence-corrected chi connectivity index (χ1v) is 4.85. The summed E-state index contributed by atoms with van der Waals surface area (Å²) in [5, 5.41) is 7.52. The van der Waals surface area contributed by atoms with Gasteiger partial charge in [-0.15, -0.1) is 0 Å². The molecule has 0 saturated carbocycles. The lowest BCUT2D eigenvalue weighted by atomic mass is 9.92. The molecule has 0 aromatic heterocycles. The number of hydrogen-bond acceptors (Lipinski definition) is 5. The Kier molecular flexibility index (Phi) is 3.60. The zero-order valence-corrected chi connectivity index (χ0v) is 8.63. The predicted octanol–water partition coefficient (Wildman–Crippen LogP) is 0.535. The van der Waals surface area contributed by atoms with Gasteiger partial charge in [-0.1, -0.05) is 0 Å². The molecule has 15 heavy (non-hydrogen) atoms. The van der Waals surface area contributed by atoms with Crippen LogP contribution in [0.3, 0.4) is 0 Å². The number of allylic oxidation sites excluding steroid dienone is 1. The maximum Gasteiger partial charge on any atom is 0.357 e. The van der Waals surface area contributed by atoms with Crippen LogP contribution in [0.1, 0.15) is 26.2 Å². The van der Waals surface area contributed by atoms with Crippen molar-refractivity contribution in [1.29, 1.82) is 5.41 Å². The van der Waals surface area contributed by atoms with E-state index in [1.165, 1.54) is 0 Å². The second-order valence-corrected chi connectivity index (χ2v) is 3.27. The summed E-state index contributed by atoms with van der Waals surface area (Å²) in [6.07, 6.45) is 1.59. The maximum atomic E-state index is 11.5. The molecule has 0 saturated heterocycles. The monoisotopic (exact) mass is 210 g/mol. The molecule has 0 fully saturated rings. The molecule has 3 N–H and O–H groups in total. The molecule has 0 radical (unpaired) electrons. The summed E-state index contributed by atoms with van der Waals surface area (Å²) in [7, 11) is 0. The van der Waals surface area contributed by atoms with Crippen LogP contribution in [0.15, 0.2) is 11.3 Å². The normalized spacial score (nSPS) is 16.5. The smallest absolute Gasteiger partial charge is 0.357 e. The standard InChI is InChI=1S/C10H14N2O3/c1-2-15-10(14)9(12)8-6(11)4-3-5-7(8)13/h12H,2-5,11H2,1H3. The minimum Gasteiger partial charge on any atom is -0.461 e. The third kappa shape index (κ3) is 2.43. The van der Waals surface area contributed by atoms with Crippen LogP contribution in [-0.4, -0.2) is 24.1 Å². The van der Waals surface area contributed by atoms with Crippen molar-refractivity contribution in [3.63, 3.8) is 0 Å². The molecule has 0 spiro atoms. The van der Waals surface area contributed by atoms with Crippen LogP contribution < -0.4 is 5.73 Å². The van der Waals surface area contributed by atoms with Gasteiger partial charge >= 0.3 is 5.97 Å². The fourth-order valence-electron chi connectivity index (χ4n) is 1.47. The van der Waals surface area contributed by atoms with E-state index in [1.54, 1.807) is 6.92 Å². The van der Waals surface area contributed by atoms with E-state index in [2.05, 4.69) is 4.74 Å². The van der Waals surface area contributed by atoms with E-state index in [0.29, 0.717) is 25.0 Å². The summed E-state index contributed by atoms with van der Waals surface area (Å²) >= 11 is 0. The molecule has 5 heteroatoms. The molecular weight excluding hydrogens is 196 g/mol. The number of nitrogens with one attached hydrogen (secondary N) is 1. The van der Waals surface area contributed by atoms with E-state index < -0.39 is 11.7 Å². The van der Waals surface area contributed by atoms with E-state index in [4.69, 9.17) is 11.1 Å². The van der Waals surface area contributed by atoms with Crippen molar-refractivity contribution in [2.75, 3.05) is 6.61 Å². The van der Waals surface area contributed by atoms with E-state index in [-0.39, 0.29) is 18.0 Å². The van der Waals surface area contributed by atoms with Crippen LogP contribution in [0.25, 0.3) is 0 Å². The van der Waals surface area contributed by atoms with Crippen LogP contribution in [0, 0.1) is 5.41 Å². The van der Waals surface area contributed by atoms with Gasteiger partial charge in [0.15, 0.2) is 11.5 Å². The van der Waals surface area contributed by atoms with Crippen LogP contribution in [0.4, 0.5) is 0 Å². The third-order valence-corrected chi connectivity index (χ3v) is 2.18. The average Bonchev–Trinajstić information content (AvgIpc) is 2.17. The molecule has 0 atom stereocenters. The Balaban J connectivity index is 2.90. The molecular formula is C10H14N2O3. The number of Topliss-reactive ketones (excluding diaryl/α,β-unsaturated/α-hetero) is 1. The van der Waals surface area contributed by atoms with E-state index >= 15 is 0 Å². The maximum absolute atomic E-state index is 11.5. The first kappa shape index (κ1) is 11.4. The molecule has 1 aliphatic rings. The van der Waals surface area contributed by atoms with Gasteiger partial charge in [0.1, 0.15) is 0 Å². The lowest BCUT2D eigenvalue weighted by molar-refractivity contribution is -0.135. The van der Waals surface area contributed by atoms with Gasteiger partial charge in [0, 0.05) is 12.1 Å². The second kappa shape index (κ2) is 4.72. The van der Waals surface area contributed by atoms with Crippen molar-refractivity contribution >= 4 is 17.5 Å². The molecule has 1 rings (SSSR count). The molecule has 1 aliphatic carbocycles. The number of nitrogens with two attached hydrogens (primary N) is 1. The number of carbonyl (C=O) groups excluding carboxylic acids is 2. The van der Waals surface area contributed by atoms with Crippen LogP contribution in [0.2, 0.25) is 0 Å². The highest BCUT2D eigenvalue weighted by molar-refractivity contribution is 6.48. The quantitative estimate of drug-likeness (QED) is 0.525. The van der Waals surface area contributed by atoms with Gasteiger partial charge in [0.25, 0.3) is 0 Å². The number of ketones is 1. The first-order chi connectivity index (χ1) is 7.07. The van der Waals surface area contributed by atoms with Gasteiger partial charge in [-0.3, -0.25) is 10.2 Å². The van der Waals surface area contributed by atoms with Crippen molar-refractivity contribution in [1.82, 2.24) is 0 Å². The molecule has 0 amide bonds. The number of carbonyl (C=O) groups is 2. The Morgan fingerprint density at radius 2 is 2.20 bits per heavy atom. The summed E-state index contributed by atoms with van der Waals surface area (Å²) in [6, 6.07) is 0. The number of hydrogen-bond donors (Lipinski definition) is 2. The average molecular weight is 210 g/mol. The predicted molar refractivity (Wildman–Crippen MR) is 54.4 cm³/mol. The fraction of sp³-hybridized carbons (Fsp3) is 0.500. The minimum atomic E-state index is -0.786. The minimum absolute atomic E-state index is 0.0414. The second-order valence-electron chi connectivity index (χ2n) is 3.27. The van der Waals surface area contributed by atoms with Gasteiger partial charge in [-0.05, 0) is 19.8 Å². The highest BCUT2D eigenvalue weighted by atomic mass is 16.5. The Morgan fingerprint density at radius 1 is 1.53 bits per heavy atom. The molecule has 0 bridgehead atoms. The SMILES string of the molecule is CCOC(=O)C(=N)C1=C(N)CCCC1=O. The lowest BCUT2D eigenvalue weighted by Crippen LogP contribution is -2.28. The summed E-state index contributed by atoms with van der Waals surface area (Å²) in [6.45, 7) is 1.83. The topological polar surface area (TPSA) is 93.2 Å². The Labute approximate surface area is 87.8 Å². The summed E-state index contributed by atoms with van der Waals surface area (Å²) < 4.78 is 4.65. The Hall–Kier alpha value is -1.65. The van der Waals surface area contributed by atoms with Crippen LogP contribution in [0.5, 0.6) is 0 Å². The number of esters is 1. The molecule has 0 unspecified atom stereocenters. The van der Waals surface area contributed by atoms with Crippen LogP contribution >= 0.6 is 0 Å². The van der Waals surface area contributed by atoms with Gasteiger partial charge in [-0.2, -0.15) is 0 Å². The van der Waals surface area contributed by atoms with Gasteiger partial charge in [0.2, 0.25) is 0 Å². The van der Waals surface area contributed by atoms with Crippen molar-refractivity contribution in [2.45, 2.75) is 26.2 Å². The number of rotatable bonds is 3. The first-order valence-electron chi connectivity index (χ1n) is 4.85. The molecule has 82 valence electrons. The summed E-state index contributed by atoms with van der Waals surface area (Å²) in [5.74, 6) is -1.03. The van der Waals surface area contributed by atoms with E-state index in [9.17, 15) is 9.59 Å². The lowest BCUT2D eigenvalue weighted by Gasteiger charge is -2.15. The molecule has 0 aromatic carbocycles. The largest absolute Gasteiger partial charge is 0.461 e. The fourth-order valence-corrected chi connectivity index (χ4v) is 1.47. The highest BCUT2D eigenvalue weighted by Crippen LogP contribution is 2.19. The van der Waals surface area contributed by atoms with Gasteiger partial charge < -0.3 is 10.5 Å². The molecule has 5 nitrogen and oxygen atoms in total. The highest BCUT2D eigenvalue weighted by Gasteiger charge is 2.27. The Bertz CT molecular complexity index is 345. The van der Waals surface area contributed by atoms with Crippen molar-refractivity contribution in [2.24, 2.45) is 5.73 Å². The zero-order chi connectivity index (χ0) is 11.4.